The molecular weight excluding hydrogens is 356 g/mol. The van der Waals surface area contributed by atoms with Crippen LogP contribution < -0.4 is 10.5 Å². The molecule has 0 radical (unpaired) electrons. The van der Waals surface area contributed by atoms with E-state index in [1.807, 2.05) is 18.4 Å². The van der Waals surface area contributed by atoms with E-state index in [9.17, 15) is 9.59 Å². The molecule has 1 heterocycles. The molecule has 7 heteroatoms. The van der Waals surface area contributed by atoms with Crippen LogP contribution in [0.15, 0.2) is 30.9 Å². The molecule has 0 unspecified atom stereocenters. The first-order chi connectivity index (χ1) is 12.3. The lowest BCUT2D eigenvalue weighted by atomic mass is 10.1. The topological polar surface area (TPSA) is 83.5 Å². The van der Waals surface area contributed by atoms with Crippen LogP contribution in [0.3, 0.4) is 0 Å². The maximum absolute atomic E-state index is 12.5. The average molecular weight is 377 g/mol. The number of nitrogens with two attached hydrogens (primary N) is 1. The molecule has 0 bridgehead atoms. The van der Waals surface area contributed by atoms with E-state index < -0.39 is 5.97 Å². The Kier molecular flexibility index (Phi) is 6.10. The zero-order chi connectivity index (χ0) is 19.4. The number of hydrogen-bond donors (Lipinski definition) is 1. The van der Waals surface area contributed by atoms with Gasteiger partial charge in [0.25, 0.3) is 0 Å². The average Bonchev–Trinajstić information content (AvgIpc) is 2.89. The molecule has 0 aliphatic carbocycles. The monoisotopic (exact) mass is 376 g/mol. The summed E-state index contributed by atoms with van der Waals surface area (Å²) in [6.07, 6.45) is 1.76. The molecule has 1 aromatic carbocycles. The fourth-order valence-electron chi connectivity index (χ4n) is 2.68. The number of methoxy groups -OCH3 is 1. The summed E-state index contributed by atoms with van der Waals surface area (Å²) < 4.78 is 12.2. The molecule has 0 spiro atoms. The molecule has 2 aromatic rings. The highest BCUT2D eigenvalue weighted by Gasteiger charge is 2.20. The van der Waals surface area contributed by atoms with Gasteiger partial charge in [0.05, 0.1) is 17.8 Å². The van der Waals surface area contributed by atoms with Crippen LogP contribution in [0.25, 0.3) is 0 Å². The van der Waals surface area contributed by atoms with Gasteiger partial charge in [0.15, 0.2) is 6.61 Å². The number of nitrogens with zero attached hydrogens (tertiary/aromatic N) is 1. The van der Waals surface area contributed by atoms with Crippen molar-refractivity contribution in [1.82, 2.24) is 4.57 Å². The predicted octanol–water partition coefficient (Wildman–Crippen LogP) is 3.57. The Bertz CT molecular complexity index is 871. The lowest BCUT2D eigenvalue weighted by Gasteiger charge is -2.10. The van der Waals surface area contributed by atoms with Crippen LogP contribution in [0.4, 0.5) is 5.69 Å². The summed E-state index contributed by atoms with van der Waals surface area (Å²) in [6, 6.07) is 4.57. The molecule has 0 atom stereocenters. The molecule has 0 aliphatic heterocycles. The van der Waals surface area contributed by atoms with Gasteiger partial charge in [0.1, 0.15) is 11.3 Å². The van der Waals surface area contributed by atoms with Crippen molar-refractivity contribution in [2.45, 2.75) is 20.4 Å². The molecule has 0 amide bonds. The van der Waals surface area contributed by atoms with E-state index in [2.05, 4.69) is 6.58 Å². The summed E-state index contributed by atoms with van der Waals surface area (Å²) in [5.41, 5.74) is 8.33. The van der Waals surface area contributed by atoms with Crippen molar-refractivity contribution in [3.05, 3.63) is 58.4 Å². The summed E-state index contributed by atoms with van der Waals surface area (Å²) in [5, 5.41) is 0.206. The summed E-state index contributed by atoms with van der Waals surface area (Å²) in [5.74, 6) is -0.771. The standard InChI is InChI=1S/C19H21ClN2O4/c1-5-6-22-11(2)7-13(12(22)3)17(23)10-26-19(24)14-8-15(20)16(21)9-18(14)25-4/h5,7-9H,1,6,10,21H2,2-4H3. The lowest BCUT2D eigenvalue weighted by molar-refractivity contribution is 0.0471. The van der Waals surface area contributed by atoms with Gasteiger partial charge in [-0.3, -0.25) is 4.79 Å². The third-order valence-electron chi connectivity index (χ3n) is 4.06. The third-order valence-corrected chi connectivity index (χ3v) is 4.39. The van der Waals surface area contributed by atoms with E-state index in [-0.39, 0.29) is 34.4 Å². The molecule has 138 valence electrons. The fourth-order valence-corrected chi connectivity index (χ4v) is 2.84. The summed E-state index contributed by atoms with van der Waals surface area (Å²) in [6.45, 7) is 7.67. The molecule has 2 rings (SSSR count). The Morgan fingerprint density at radius 1 is 1.27 bits per heavy atom. The maximum atomic E-state index is 12.5. The molecule has 26 heavy (non-hydrogen) atoms. The van der Waals surface area contributed by atoms with Gasteiger partial charge in [0, 0.05) is 29.6 Å². The molecule has 0 fully saturated rings. The van der Waals surface area contributed by atoms with Gasteiger partial charge in [0.2, 0.25) is 5.78 Å². The highest BCUT2D eigenvalue weighted by Crippen LogP contribution is 2.29. The minimum Gasteiger partial charge on any atom is -0.496 e. The predicted molar refractivity (Wildman–Crippen MR) is 101 cm³/mol. The molecule has 1 aromatic heterocycles. The van der Waals surface area contributed by atoms with Crippen molar-refractivity contribution in [3.8, 4) is 5.75 Å². The third kappa shape index (κ3) is 3.91. The van der Waals surface area contributed by atoms with Gasteiger partial charge >= 0.3 is 5.97 Å². The Labute approximate surface area is 157 Å². The van der Waals surface area contributed by atoms with Crippen LogP contribution in [0.1, 0.15) is 32.1 Å². The number of ether oxygens (including phenoxy) is 2. The minimum absolute atomic E-state index is 0.108. The number of carbonyl (C=O) groups excluding carboxylic acids is 2. The van der Waals surface area contributed by atoms with Gasteiger partial charge < -0.3 is 19.8 Å². The van der Waals surface area contributed by atoms with Gasteiger partial charge in [-0.1, -0.05) is 17.7 Å². The van der Waals surface area contributed by atoms with Crippen LogP contribution in [0.5, 0.6) is 5.75 Å². The first-order valence-corrected chi connectivity index (χ1v) is 8.28. The van der Waals surface area contributed by atoms with E-state index in [4.69, 9.17) is 26.8 Å². The van der Waals surface area contributed by atoms with Crippen LogP contribution >= 0.6 is 11.6 Å². The highest BCUT2D eigenvalue weighted by molar-refractivity contribution is 6.33. The number of carbonyl (C=O) groups is 2. The second kappa shape index (κ2) is 8.10. The summed E-state index contributed by atoms with van der Waals surface area (Å²) >= 11 is 5.95. The quantitative estimate of drug-likeness (QED) is 0.345. The SMILES string of the molecule is C=CCn1c(C)cc(C(=O)COC(=O)c2cc(Cl)c(N)cc2OC)c1C. The van der Waals surface area contributed by atoms with Gasteiger partial charge in [-0.05, 0) is 26.0 Å². The maximum Gasteiger partial charge on any atom is 0.342 e. The number of aromatic nitrogens is 1. The number of benzene rings is 1. The minimum atomic E-state index is -0.711. The molecule has 6 nitrogen and oxygen atoms in total. The number of rotatable bonds is 7. The molecule has 0 aliphatic rings. The number of allylic oxidation sites excluding steroid dienone is 1. The zero-order valence-corrected chi connectivity index (χ0v) is 15.7. The van der Waals surface area contributed by atoms with Crippen molar-refractivity contribution in [2.75, 3.05) is 19.5 Å². The smallest absolute Gasteiger partial charge is 0.342 e. The van der Waals surface area contributed by atoms with E-state index in [1.165, 1.54) is 19.2 Å². The van der Waals surface area contributed by atoms with Crippen LogP contribution in [0.2, 0.25) is 5.02 Å². The van der Waals surface area contributed by atoms with E-state index >= 15 is 0 Å². The van der Waals surface area contributed by atoms with E-state index in [0.717, 1.165) is 11.4 Å². The van der Waals surface area contributed by atoms with Gasteiger partial charge in [-0.15, -0.1) is 6.58 Å². The first-order valence-electron chi connectivity index (χ1n) is 7.91. The summed E-state index contributed by atoms with van der Waals surface area (Å²) in [4.78, 5) is 24.8. The number of nitrogen functional groups attached to an aromatic ring is 1. The van der Waals surface area contributed by atoms with E-state index in [1.54, 1.807) is 12.1 Å². The number of ketones is 1. The van der Waals surface area contributed by atoms with Crippen molar-refractivity contribution in [3.63, 3.8) is 0 Å². The van der Waals surface area contributed by atoms with Gasteiger partial charge in [-0.25, -0.2) is 4.79 Å². The highest BCUT2D eigenvalue weighted by atomic mass is 35.5. The molecule has 0 saturated carbocycles. The Morgan fingerprint density at radius 2 is 1.96 bits per heavy atom. The Morgan fingerprint density at radius 3 is 2.58 bits per heavy atom. The van der Waals surface area contributed by atoms with E-state index in [0.29, 0.717) is 12.1 Å². The summed E-state index contributed by atoms with van der Waals surface area (Å²) in [7, 11) is 1.40. The number of halogens is 1. The number of aryl methyl sites for hydroxylation is 1. The Balaban J connectivity index is 2.15. The molecular formula is C19H21ClN2O4. The number of esters is 1. The van der Waals surface area contributed by atoms with Crippen molar-refractivity contribution in [2.24, 2.45) is 0 Å². The lowest BCUT2D eigenvalue weighted by Crippen LogP contribution is -2.16. The van der Waals surface area contributed by atoms with Gasteiger partial charge in [-0.2, -0.15) is 0 Å². The number of Topliss-reactive ketones (excluding diaryl/α,β-unsaturated/α-hetero) is 1. The van der Waals surface area contributed by atoms with Crippen molar-refractivity contribution < 1.29 is 19.1 Å². The zero-order valence-electron chi connectivity index (χ0n) is 15.0. The number of anilines is 1. The number of hydrogen-bond acceptors (Lipinski definition) is 5. The first kappa shape index (κ1) is 19.6. The second-order valence-corrected chi connectivity index (χ2v) is 6.16. The largest absolute Gasteiger partial charge is 0.496 e. The molecule has 2 N–H and O–H groups in total. The normalized spacial score (nSPS) is 10.5. The Hall–Kier alpha value is -2.73. The molecule has 0 saturated heterocycles. The van der Waals surface area contributed by atoms with Crippen molar-refractivity contribution >= 4 is 29.0 Å². The second-order valence-electron chi connectivity index (χ2n) is 5.76. The van der Waals surface area contributed by atoms with Crippen LogP contribution in [-0.4, -0.2) is 30.0 Å². The van der Waals surface area contributed by atoms with Crippen molar-refractivity contribution in [1.29, 1.82) is 0 Å². The van der Waals surface area contributed by atoms with Crippen LogP contribution in [-0.2, 0) is 11.3 Å². The fraction of sp³-hybridized carbons (Fsp3) is 0.263. The van der Waals surface area contributed by atoms with Crippen LogP contribution in [0, 0.1) is 13.8 Å².